The molecule has 0 spiro atoms. The van der Waals surface area contributed by atoms with Gasteiger partial charge in [0.1, 0.15) is 5.82 Å². The molecule has 1 aromatic heterocycles. The Morgan fingerprint density at radius 2 is 2.50 bits per heavy atom. The molecule has 1 aliphatic heterocycles. The van der Waals surface area contributed by atoms with E-state index in [4.69, 9.17) is 11.6 Å². The molecule has 1 aliphatic rings. The van der Waals surface area contributed by atoms with E-state index in [0.717, 1.165) is 19.5 Å². The number of aromatic nitrogens is 2. The Morgan fingerprint density at radius 1 is 1.69 bits per heavy atom. The van der Waals surface area contributed by atoms with Crippen LogP contribution in [0.25, 0.3) is 0 Å². The molecule has 0 aliphatic carbocycles. The van der Waals surface area contributed by atoms with Crippen LogP contribution in [0.5, 0.6) is 0 Å². The molecular weight excluding hydrogens is 228 g/mol. The van der Waals surface area contributed by atoms with Crippen LogP contribution < -0.4 is 5.32 Å². The van der Waals surface area contributed by atoms with Crippen molar-refractivity contribution in [2.24, 2.45) is 0 Å². The zero-order chi connectivity index (χ0) is 11.5. The highest BCUT2D eigenvalue weighted by Gasteiger charge is 2.24. The number of anilines is 1. The third-order valence-electron chi connectivity index (χ3n) is 2.61. The third kappa shape index (κ3) is 2.61. The first-order valence-electron chi connectivity index (χ1n) is 5.16. The molecule has 1 aromatic rings. The van der Waals surface area contributed by atoms with E-state index in [0.29, 0.717) is 5.82 Å². The van der Waals surface area contributed by atoms with Gasteiger partial charge in [-0.25, -0.2) is 9.97 Å². The lowest BCUT2D eigenvalue weighted by Crippen LogP contribution is -2.29. The maximum Gasteiger partial charge on any atom is 0.224 e. The lowest BCUT2D eigenvalue weighted by molar-refractivity contribution is -0.127. The van der Waals surface area contributed by atoms with Gasteiger partial charge < -0.3 is 10.2 Å². The number of nitrogens with zero attached hydrogens (tertiary/aromatic N) is 3. The van der Waals surface area contributed by atoms with E-state index in [1.54, 1.807) is 19.2 Å². The van der Waals surface area contributed by atoms with Crippen LogP contribution in [0.3, 0.4) is 0 Å². The fourth-order valence-corrected chi connectivity index (χ4v) is 1.94. The Kier molecular flexibility index (Phi) is 3.24. The van der Waals surface area contributed by atoms with Crippen molar-refractivity contribution in [2.45, 2.75) is 19.4 Å². The van der Waals surface area contributed by atoms with Crippen LogP contribution >= 0.6 is 11.6 Å². The first-order chi connectivity index (χ1) is 7.65. The minimum Gasteiger partial charge on any atom is -0.365 e. The highest BCUT2D eigenvalue weighted by Crippen LogP contribution is 2.14. The number of likely N-dealkylation sites (tertiary alicyclic amines) is 1. The number of nitrogens with one attached hydrogen (secondary N) is 1. The molecular formula is C10H13ClN4O. The first kappa shape index (κ1) is 11.1. The molecule has 5 nitrogen and oxygen atoms in total. The second-order valence-corrected chi connectivity index (χ2v) is 4.14. The van der Waals surface area contributed by atoms with Gasteiger partial charge in [0, 0.05) is 32.3 Å². The molecule has 0 saturated carbocycles. The monoisotopic (exact) mass is 240 g/mol. The van der Waals surface area contributed by atoms with Crippen LogP contribution in [0.15, 0.2) is 12.3 Å². The third-order valence-corrected chi connectivity index (χ3v) is 2.79. The smallest absolute Gasteiger partial charge is 0.224 e. The molecule has 0 radical (unpaired) electrons. The Bertz CT molecular complexity index is 398. The maximum atomic E-state index is 11.1. The SMILES string of the molecule is CC(=O)N1CC[C@@H](Nc2ccnc(Cl)n2)C1. The van der Waals surface area contributed by atoms with E-state index in [1.807, 2.05) is 4.90 Å². The molecule has 1 saturated heterocycles. The molecule has 0 bridgehead atoms. The summed E-state index contributed by atoms with van der Waals surface area (Å²) in [6, 6.07) is 2.01. The van der Waals surface area contributed by atoms with E-state index in [9.17, 15) is 4.79 Å². The van der Waals surface area contributed by atoms with Crippen LogP contribution in [0.4, 0.5) is 5.82 Å². The summed E-state index contributed by atoms with van der Waals surface area (Å²) in [7, 11) is 0. The highest BCUT2D eigenvalue weighted by atomic mass is 35.5. The second kappa shape index (κ2) is 4.65. The molecule has 1 atom stereocenters. The summed E-state index contributed by atoms with van der Waals surface area (Å²) in [5.41, 5.74) is 0. The number of carbonyl (C=O) groups is 1. The fourth-order valence-electron chi connectivity index (χ4n) is 1.79. The highest BCUT2D eigenvalue weighted by molar-refractivity contribution is 6.28. The quantitative estimate of drug-likeness (QED) is 0.789. The van der Waals surface area contributed by atoms with Gasteiger partial charge in [-0.1, -0.05) is 0 Å². The largest absolute Gasteiger partial charge is 0.365 e. The number of hydrogen-bond donors (Lipinski definition) is 1. The summed E-state index contributed by atoms with van der Waals surface area (Å²) in [5.74, 6) is 0.820. The Balaban J connectivity index is 1.94. The van der Waals surface area contributed by atoms with E-state index >= 15 is 0 Å². The molecule has 86 valence electrons. The van der Waals surface area contributed by atoms with Crippen molar-refractivity contribution in [1.29, 1.82) is 0 Å². The van der Waals surface area contributed by atoms with E-state index in [2.05, 4.69) is 15.3 Å². The molecule has 1 amide bonds. The molecule has 1 fully saturated rings. The van der Waals surface area contributed by atoms with E-state index in [-0.39, 0.29) is 17.2 Å². The Hall–Kier alpha value is -1.36. The van der Waals surface area contributed by atoms with Gasteiger partial charge in [0.2, 0.25) is 11.2 Å². The van der Waals surface area contributed by atoms with E-state index < -0.39 is 0 Å². The van der Waals surface area contributed by atoms with Crippen molar-refractivity contribution in [1.82, 2.24) is 14.9 Å². The van der Waals surface area contributed by atoms with Gasteiger partial charge in [-0.05, 0) is 24.1 Å². The minimum atomic E-state index is 0.116. The van der Waals surface area contributed by atoms with Gasteiger partial charge in [0.05, 0.1) is 0 Å². The number of rotatable bonds is 2. The maximum absolute atomic E-state index is 11.1. The van der Waals surface area contributed by atoms with Crippen LogP contribution in [-0.2, 0) is 4.79 Å². The van der Waals surface area contributed by atoms with Gasteiger partial charge in [-0.2, -0.15) is 0 Å². The molecule has 0 aromatic carbocycles. The normalized spacial score (nSPS) is 19.9. The number of halogens is 1. The van der Waals surface area contributed by atoms with Crippen LogP contribution in [-0.4, -0.2) is 39.9 Å². The van der Waals surface area contributed by atoms with Crippen molar-refractivity contribution in [3.63, 3.8) is 0 Å². The van der Waals surface area contributed by atoms with Gasteiger partial charge in [-0.15, -0.1) is 0 Å². The average Bonchev–Trinajstić information content (AvgIpc) is 2.66. The lowest BCUT2D eigenvalue weighted by atomic mass is 10.2. The predicted octanol–water partition coefficient (Wildman–Crippen LogP) is 1.16. The predicted molar refractivity (Wildman–Crippen MR) is 61.3 cm³/mol. The summed E-state index contributed by atoms with van der Waals surface area (Å²) in [4.78, 5) is 20.8. The molecule has 6 heteroatoms. The van der Waals surface area contributed by atoms with Gasteiger partial charge in [-0.3, -0.25) is 4.79 Å². The standard InChI is InChI=1S/C10H13ClN4O/c1-7(16)15-5-3-8(6-15)13-9-2-4-12-10(11)14-9/h2,4,8H,3,5-6H2,1H3,(H,12,13,14)/t8-/m1/s1. The molecule has 1 N–H and O–H groups in total. The number of amides is 1. The van der Waals surface area contributed by atoms with Crippen LogP contribution in [0.1, 0.15) is 13.3 Å². The van der Waals surface area contributed by atoms with Crippen molar-refractivity contribution >= 4 is 23.3 Å². The summed E-state index contributed by atoms with van der Waals surface area (Å²) in [5, 5.41) is 3.47. The van der Waals surface area contributed by atoms with Crippen LogP contribution in [0, 0.1) is 0 Å². The molecule has 2 rings (SSSR count). The molecule has 2 heterocycles. The first-order valence-corrected chi connectivity index (χ1v) is 5.53. The fraction of sp³-hybridized carbons (Fsp3) is 0.500. The summed E-state index contributed by atoms with van der Waals surface area (Å²) in [6.45, 7) is 3.10. The summed E-state index contributed by atoms with van der Waals surface area (Å²) in [6.07, 6.45) is 2.54. The van der Waals surface area contributed by atoms with Gasteiger partial charge in [0.15, 0.2) is 0 Å². The zero-order valence-corrected chi connectivity index (χ0v) is 9.74. The minimum absolute atomic E-state index is 0.116. The summed E-state index contributed by atoms with van der Waals surface area (Å²) < 4.78 is 0. The average molecular weight is 241 g/mol. The lowest BCUT2D eigenvalue weighted by Gasteiger charge is -2.15. The summed E-state index contributed by atoms with van der Waals surface area (Å²) >= 11 is 5.68. The zero-order valence-electron chi connectivity index (χ0n) is 8.98. The van der Waals surface area contributed by atoms with Crippen LogP contribution in [0.2, 0.25) is 5.28 Å². The van der Waals surface area contributed by atoms with E-state index in [1.165, 1.54) is 0 Å². The molecule has 16 heavy (non-hydrogen) atoms. The van der Waals surface area contributed by atoms with Crippen molar-refractivity contribution in [2.75, 3.05) is 18.4 Å². The number of hydrogen-bond acceptors (Lipinski definition) is 4. The van der Waals surface area contributed by atoms with Crippen molar-refractivity contribution in [3.05, 3.63) is 17.5 Å². The molecule has 0 unspecified atom stereocenters. The number of carbonyl (C=O) groups excluding carboxylic acids is 1. The Labute approximate surface area is 98.8 Å². The Morgan fingerprint density at radius 3 is 3.12 bits per heavy atom. The van der Waals surface area contributed by atoms with Gasteiger partial charge >= 0.3 is 0 Å². The van der Waals surface area contributed by atoms with Crippen molar-refractivity contribution < 1.29 is 4.79 Å². The topological polar surface area (TPSA) is 58.1 Å². The second-order valence-electron chi connectivity index (χ2n) is 3.81. The van der Waals surface area contributed by atoms with Gasteiger partial charge in [0.25, 0.3) is 0 Å². The van der Waals surface area contributed by atoms with Crippen molar-refractivity contribution in [3.8, 4) is 0 Å².